The molecule has 14 nitrogen and oxygen atoms in total. The van der Waals surface area contributed by atoms with Crippen molar-refractivity contribution < 1.29 is 54.3 Å². The van der Waals surface area contributed by atoms with Crippen molar-refractivity contribution in [2.75, 3.05) is 11.5 Å². The van der Waals surface area contributed by atoms with Gasteiger partial charge in [0.2, 0.25) is 0 Å². The summed E-state index contributed by atoms with van der Waals surface area (Å²) in [5.74, 6) is -2.23. The molecule has 4 N–H and O–H groups in total. The van der Waals surface area contributed by atoms with Gasteiger partial charge in [0, 0.05) is 11.1 Å². The Bertz CT molecular complexity index is 1220. The molecule has 34 heavy (non-hydrogen) atoms. The van der Waals surface area contributed by atoms with Gasteiger partial charge in [-0.05, 0) is 17.7 Å². The summed E-state index contributed by atoms with van der Waals surface area (Å²) in [7, 11) is 0. The molecule has 0 aliphatic carbocycles. The number of nitrogen functional groups attached to an aromatic ring is 1. The number of allylic oxidation sites excluding steroid dienone is 2. The Morgan fingerprint density at radius 1 is 1.47 bits per heavy atom. The van der Waals surface area contributed by atoms with E-state index in [0.717, 1.165) is 16.2 Å². The third-order valence-corrected chi connectivity index (χ3v) is 6.67. The number of tetrazole rings is 1. The van der Waals surface area contributed by atoms with E-state index in [-0.39, 0.29) is 58.4 Å². The molecule has 172 valence electrons. The average Bonchev–Trinajstić information content (AvgIpc) is 3.39. The molecule has 1 unspecified atom stereocenters. The van der Waals surface area contributed by atoms with Crippen LogP contribution in [-0.2, 0) is 20.9 Å². The second-order valence-corrected chi connectivity index (χ2v) is 8.83. The first kappa shape index (κ1) is 25.8. The first-order chi connectivity index (χ1) is 15.8. The number of thiazole rings is 1. The average molecular weight is 513 g/mol. The van der Waals surface area contributed by atoms with Crippen LogP contribution >= 0.6 is 23.1 Å². The summed E-state index contributed by atoms with van der Waals surface area (Å²) in [6, 6.07) is -1.02. The van der Waals surface area contributed by atoms with Crippen LogP contribution in [0.15, 0.2) is 34.0 Å². The molecule has 2 atom stereocenters. The first-order valence-corrected chi connectivity index (χ1v) is 11.3. The van der Waals surface area contributed by atoms with Gasteiger partial charge in [0.05, 0.1) is 18.2 Å². The number of aryl methyl sites for hydroxylation is 1. The predicted octanol–water partition coefficient (Wildman–Crippen LogP) is -5.14. The summed E-state index contributed by atoms with van der Waals surface area (Å²) >= 11 is 2.32. The van der Waals surface area contributed by atoms with E-state index in [1.165, 1.54) is 21.9 Å². The standard InChI is InChI=1S/C17H17N9O5S2.Na/c1-7-21-24-25(22-7)4-2-3-8-5-32-15-11(14(28)26(15)12(8)16(29)30)20-13(27)10(23-31)9-6-33-17(18)19-9;/h2-3,6,11,15,31H,4-5H2,1H3,(H2,18,19)(H,20,27)(H,29,30);/q;+1/p-1/b3-2+,23-10?;/t11?,15-;/m1./s1. The van der Waals surface area contributed by atoms with E-state index in [4.69, 9.17) is 5.73 Å². The van der Waals surface area contributed by atoms with Crippen molar-refractivity contribution >= 4 is 51.7 Å². The number of β-lactam (4-membered cyclic amide) rings is 1. The van der Waals surface area contributed by atoms with E-state index in [2.05, 4.69) is 30.9 Å². The number of aliphatic carboxylic acids is 1. The molecule has 2 amide bonds. The van der Waals surface area contributed by atoms with Crippen LogP contribution in [0.1, 0.15) is 11.5 Å². The first-order valence-electron chi connectivity index (χ1n) is 9.34. The molecule has 4 heterocycles. The number of anilines is 1. The van der Waals surface area contributed by atoms with Crippen LogP contribution in [-0.4, -0.2) is 76.0 Å². The molecule has 17 heteroatoms. The molecular formula is C17H16N9NaO5S2. The van der Waals surface area contributed by atoms with Gasteiger partial charge in [0.25, 0.3) is 11.8 Å². The molecule has 4 rings (SSSR count). The van der Waals surface area contributed by atoms with Gasteiger partial charge in [0.15, 0.2) is 16.7 Å². The zero-order valence-electron chi connectivity index (χ0n) is 17.9. The van der Waals surface area contributed by atoms with Crippen LogP contribution in [0, 0.1) is 6.92 Å². The van der Waals surface area contributed by atoms with Crippen LogP contribution in [0.25, 0.3) is 0 Å². The molecule has 2 aromatic rings. The van der Waals surface area contributed by atoms with Crippen LogP contribution < -0.4 is 45.7 Å². The summed E-state index contributed by atoms with van der Waals surface area (Å²) in [5.41, 5.74) is 5.29. The van der Waals surface area contributed by atoms with Crippen molar-refractivity contribution in [3.05, 3.63) is 40.3 Å². The van der Waals surface area contributed by atoms with Crippen LogP contribution in [0.4, 0.5) is 5.13 Å². The number of hydrogen-bond donors (Lipinski definition) is 3. The maximum atomic E-state index is 12.7. The van der Waals surface area contributed by atoms with Crippen molar-refractivity contribution in [1.82, 2.24) is 35.4 Å². The normalized spacial score (nSPS) is 20.1. The number of rotatable bonds is 7. The predicted molar refractivity (Wildman–Crippen MR) is 114 cm³/mol. The molecular weight excluding hydrogens is 497 g/mol. The largest absolute Gasteiger partial charge is 1.00 e. The molecule has 1 saturated heterocycles. The Morgan fingerprint density at radius 3 is 2.82 bits per heavy atom. The minimum Gasteiger partial charge on any atom is -0.543 e. The number of nitrogens with one attached hydrogen (secondary N) is 1. The maximum Gasteiger partial charge on any atom is 1.00 e. The second-order valence-electron chi connectivity index (χ2n) is 6.84. The number of aromatic nitrogens is 5. The monoisotopic (exact) mass is 513 g/mol. The Morgan fingerprint density at radius 2 is 2.24 bits per heavy atom. The molecule has 0 radical (unpaired) electrons. The number of thioether (sulfide) groups is 1. The molecule has 0 saturated carbocycles. The van der Waals surface area contributed by atoms with Crippen molar-refractivity contribution in [2.45, 2.75) is 24.9 Å². The molecule has 0 aromatic carbocycles. The van der Waals surface area contributed by atoms with Crippen molar-refractivity contribution in [3.8, 4) is 0 Å². The van der Waals surface area contributed by atoms with Crippen LogP contribution in [0.3, 0.4) is 0 Å². The zero-order valence-corrected chi connectivity index (χ0v) is 21.5. The molecule has 0 spiro atoms. The Labute approximate surface area is 222 Å². The molecule has 1 fully saturated rings. The summed E-state index contributed by atoms with van der Waals surface area (Å²) in [6.45, 7) is 1.95. The van der Waals surface area contributed by atoms with E-state index in [1.54, 1.807) is 19.1 Å². The van der Waals surface area contributed by atoms with E-state index in [0.29, 0.717) is 11.4 Å². The minimum atomic E-state index is -1.51. The topological polar surface area (TPSA) is 205 Å². The molecule has 2 aliphatic rings. The number of nitrogens with zero attached hydrogens (tertiary/aromatic N) is 7. The van der Waals surface area contributed by atoms with Crippen LogP contribution in [0.5, 0.6) is 0 Å². The molecule has 2 aromatic heterocycles. The van der Waals surface area contributed by atoms with Gasteiger partial charge in [-0.1, -0.05) is 17.3 Å². The smallest absolute Gasteiger partial charge is 0.543 e. The van der Waals surface area contributed by atoms with Gasteiger partial charge in [-0.2, -0.15) is 4.80 Å². The fraction of sp³-hybridized carbons (Fsp3) is 0.294. The number of carbonyl (C=O) groups is 3. The fourth-order valence-corrected chi connectivity index (χ4v) is 5.14. The Kier molecular flexibility index (Phi) is 8.09. The summed E-state index contributed by atoms with van der Waals surface area (Å²) in [4.78, 5) is 43.3. The van der Waals surface area contributed by atoms with Gasteiger partial charge in [-0.25, -0.2) is 4.98 Å². The van der Waals surface area contributed by atoms with Gasteiger partial charge in [0.1, 0.15) is 17.1 Å². The SMILES string of the molecule is Cc1nnn(C/C=C/C2=C(C(=O)[O-])N3C(=O)C(NC(=O)C(=NO)c4csc(N)n4)[C@H]3SC2)n1.[Na+]. The van der Waals surface area contributed by atoms with E-state index in [1.807, 2.05) is 0 Å². The second kappa shape index (κ2) is 10.6. The number of hydrogen-bond acceptors (Lipinski definition) is 13. The quantitative estimate of drug-likeness (QED) is 0.105. The van der Waals surface area contributed by atoms with Crippen LogP contribution in [0.2, 0.25) is 0 Å². The van der Waals surface area contributed by atoms with Gasteiger partial charge in [-0.3, -0.25) is 14.5 Å². The van der Waals surface area contributed by atoms with E-state index in [9.17, 15) is 24.7 Å². The number of carboxylic acids is 1. The van der Waals surface area contributed by atoms with E-state index < -0.39 is 34.9 Å². The fourth-order valence-electron chi connectivity index (χ4n) is 3.27. The van der Waals surface area contributed by atoms with Crippen molar-refractivity contribution in [1.29, 1.82) is 0 Å². The molecule has 2 aliphatic heterocycles. The number of carbonyl (C=O) groups excluding carboxylic acids is 3. The third kappa shape index (κ3) is 5.00. The van der Waals surface area contributed by atoms with Gasteiger partial charge >= 0.3 is 29.6 Å². The zero-order chi connectivity index (χ0) is 23.7. The summed E-state index contributed by atoms with van der Waals surface area (Å²) < 4.78 is 0. The number of carboxylic acid groups (broad SMARTS) is 1. The Hall–Kier alpha value is -2.79. The third-order valence-electron chi connectivity index (χ3n) is 4.70. The van der Waals surface area contributed by atoms with Crippen molar-refractivity contribution in [3.63, 3.8) is 0 Å². The molecule has 0 bridgehead atoms. The number of nitrogens with two attached hydrogens (primary N) is 1. The van der Waals surface area contributed by atoms with Gasteiger partial charge in [-0.15, -0.1) is 33.3 Å². The number of fused-ring (bicyclic) bond motifs is 1. The summed E-state index contributed by atoms with van der Waals surface area (Å²) in [5, 5.41) is 39.0. The van der Waals surface area contributed by atoms with Gasteiger partial charge < -0.3 is 26.2 Å². The van der Waals surface area contributed by atoms with E-state index >= 15 is 0 Å². The summed E-state index contributed by atoms with van der Waals surface area (Å²) in [6.07, 6.45) is 3.21. The number of amides is 2. The Balaban J connectivity index is 0.00000324. The van der Waals surface area contributed by atoms with Crippen molar-refractivity contribution in [2.24, 2.45) is 5.16 Å². The minimum absolute atomic E-state index is 0. The maximum absolute atomic E-state index is 12.7. The number of oxime groups is 1.